The summed E-state index contributed by atoms with van der Waals surface area (Å²) in [6.07, 6.45) is 36.6. The maximum absolute atomic E-state index is 10.9. The summed E-state index contributed by atoms with van der Waals surface area (Å²) in [7, 11) is -4.58. The van der Waals surface area contributed by atoms with Crippen LogP contribution >= 0.6 is 0 Å². The van der Waals surface area contributed by atoms with E-state index in [4.69, 9.17) is 0 Å². The number of unbranched alkanes of at least 4 members (excludes halogenated alkanes) is 24. The van der Waals surface area contributed by atoms with Gasteiger partial charge in [0.15, 0.2) is 0 Å². The van der Waals surface area contributed by atoms with Crippen LogP contribution < -0.4 is 29.6 Å². The minimum atomic E-state index is -4.58. The second-order valence-electron chi connectivity index (χ2n) is 11.6. The molecule has 0 spiro atoms. The Morgan fingerprint density at radius 1 is 0.474 bits per heavy atom. The van der Waals surface area contributed by atoms with Gasteiger partial charge in [0.05, 0.1) is 6.61 Å². The third-order valence-corrected chi connectivity index (χ3v) is 8.30. The Morgan fingerprint density at radius 3 is 0.947 bits per heavy atom. The van der Waals surface area contributed by atoms with Gasteiger partial charge in [0, 0.05) is 0 Å². The van der Waals surface area contributed by atoms with Crippen LogP contribution in [-0.2, 0) is 14.6 Å². The van der Waals surface area contributed by atoms with Gasteiger partial charge in [-0.15, -0.1) is 0 Å². The second kappa shape index (κ2) is 32.4. The fourth-order valence-corrected chi connectivity index (χ4v) is 5.75. The molecule has 0 aromatic carbocycles. The predicted octanol–water partition coefficient (Wildman–Crippen LogP) is 8.05. The third-order valence-electron chi connectivity index (χ3n) is 7.88. The summed E-state index contributed by atoms with van der Waals surface area (Å²) in [5.41, 5.74) is 0. The Bertz CT molecular complexity index is 542. The van der Waals surface area contributed by atoms with E-state index in [2.05, 4.69) is 18.0 Å². The van der Waals surface area contributed by atoms with Gasteiger partial charge in [0.1, 0.15) is 0 Å². The molecule has 224 valence electrons. The van der Waals surface area contributed by atoms with Crippen molar-refractivity contribution in [2.45, 2.75) is 194 Å². The first-order valence-corrected chi connectivity index (χ1v) is 17.9. The molecule has 6 heteroatoms. The first-order chi connectivity index (χ1) is 18.0. The van der Waals surface area contributed by atoms with Gasteiger partial charge in [0.2, 0.25) is 10.4 Å². The Kier molecular flexibility index (Phi) is 34.9. The van der Waals surface area contributed by atoms with Gasteiger partial charge >= 0.3 is 29.6 Å². The van der Waals surface area contributed by atoms with Crippen LogP contribution in [0.4, 0.5) is 0 Å². The van der Waals surface area contributed by atoms with E-state index in [0.717, 1.165) is 25.7 Å². The molecule has 0 bridgehead atoms. The topological polar surface area (TPSA) is 66.4 Å². The molecule has 0 radical (unpaired) electrons. The zero-order valence-electron chi connectivity index (χ0n) is 26.1. The number of hydrogen-bond acceptors (Lipinski definition) is 4. The van der Waals surface area contributed by atoms with Gasteiger partial charge < -0.3 is 4.55 Å². The standard InChI is InChI=1S/C32H66O4S.Na/c1-3-5-7-9-11-13-15-17-18-20-22-24-26-28-30-32(31-36-37(33,34)35)29-27-25-23-21-19-16-14-12-10-8-6-4-2;/h32H,3-31H2,1-2H3,(H,33,34,35);/q;+1/p-1. The van der Waals surface area contributed by atoms with Gasteiger partial charge in [-0.05, 0) is 18.8 Å². The van der Waals surface area contributed by atoms with E-state index < -0.39 is 10.4 Å². The number of hydrogen-bond donors (Lipinski definition) is 0. The van der Waals surface area contributed by atoms with Crippen LogP contribution in [0.3, 0.4) is 0 Å². The third kappa shape index (κ3) is 34.9. The summed E-state index contributed by atoms with van der Waals surface area (Å²) in [6, 6.07) is 0. The normalized spacial score (nSPS) is 12.5. The van der Waals surface area contributed by atoms with Crippen molar-refractivity contribution in [3.8, 4) is 0 Å². The molecule has 0 N–H and O–H groups in total. The maximum atomic E-state index is 10.9. The molecule has 0 fully saturated rings. The minimum absolute atomic E-state index is 0. The van der Waals surface area contributed by atoms with E-state index in [1.165, 1.54) is 154 Å². The Morgan fingerprint density at radius 2 is 0.711 bits per heavy atom. The Balaban J connectivity index is 0. The van der Waals surface area contributed by atoms with E-state index in [-0.39, 0.29) is 42.1 Å². The number of rotatable bonds is 31. The summed E-state index contributed by atoms with van der Waals surface area (Å²) in [6.45, 7) is 4.61. The summed E-state index contributed by atoms with van der Waals surface area (Å²) in [5, 5.41) is 0. The Hall–Kier alpha value is 0.870. The van der Waals surface area contributed by atoms with E-state index in [9.17, 15) is 13.0 Å². The van der Waals surface area contributed by atoms with Gasteiger partial charge in [-0.3, -0.25) is 4.18 Å². The van der Waals surface area contributed by atoms with Crippen molar-refractivity contribution in [1.82, 2.24) is 0 Å². The summed E-state index contributed by atoms with van der Waals surface area (Å²) >= 11 is 0. The molecule has 0 aliphatic carbocycles. The largest absolute Gasteiger partial charge is 1.00 e. The molecular weight excluding hydrogens is 503 g/mol. The quantitative estimate of drug-likeness (QED) is 0.0367. The van der Waals surface area contributed by atoms with E-state index in [1.807, 2.05) is 0 Å². The van der Waals surface area contributed by atoms with Crippen molar-refractivity contribution in [3.05, 3.63) is 0 Å². The molecule has 0 aromatic heterocycles. The summed E-state index contributed by atoms with van der Waals surface area (Å²) in [4.78, 5) is 0. The molecule has 4 nitrogen and oxygen atoms in total. The van der Waals surface area contributed by atoms with Crippen molar-refractivity contribution in [1.29, 1.82) is 0 Å². The van der Waals surface area contributed by atoms with Crippen LogP contribution in [0.5, 0.6) is 0 Å². The molecule has 0 aliphatic rings. The van der Waals surface area contributed by atoms with Crippen molar-refractivity contribution >= 4 is 10.4 Å². The maximum Gasteiger partial charge on any atom is 1.00 e. The van der Waals surface area contributed by atoms with Crippen molar-refractivity contribution < 1.29 is 46.7 Å². The second-order valence-corrected chi connectivity index (χ2v) is 12.7. The average molecular weight is 569 g/mol. The van der Waals surface area contributed by atoms with E-state index in [1.54, 1.807) is 0 Å². The molecule has 38 heavy (non-hydrogen) atoms. The fourth-order valence-electron chi connectivity index (χ4n) is 5.39. The van der Waals surface area contributed by atoms with Gasteiger partial charge in [-0.25, -0.2) is 8.42 Å². The zero-order chi connectivity index (χ0) is 27.3. The van der Waals surface area contributed by atoms with Crippen molar-refractivity contribution in [2.24, 2.45) is 5.92 Å². The van der Waals surface area contributed by atoms with Crippen LogP contribution in [0.2, 0.25) is 0 Å². The van der Waals surface area contributed by atoms with Crippen LogP contribution in [0.1, 0.15) is 194 Å². The molecular formula is C32H65NaO4S. The van der Waals surface area contributed by atoms with Gasteiger partial charge in [-0.2, -0.15) is 0 Å². The summed E-state index contributed by atoms with van der Waals surface area (Å²) < 4.78 is 37.4. The van der Waals surface area contributed by atoms with E-state index >= 15 is 0 Å². The monoisotopic (exact) mass is 568 g/mol. The van der Waals surface area contributed by atoms with Crippen molar-refractivity contribution in [3.63, 3.8) is 0 Å². The SMILES string of the molecule is CCCCCCCCCCCCCCCCC(CCCCCCCCCCCCCC)COS(=O)(=O)[O-].[Na+]. The Labute approximate surface area is 261 Å². The van der Waals surface area contributed by atoms with Crippen LogP contribution in [0, 0.1) is 5.92 Å². The van der Waals surface area contributed by atoms with Gasteiger partial charge in [-0.1, -0.05) is 181 Å². The van der Waals surface area contributed by atoms with Gasteiger partial charge in [0.25, 0.3) is 0 Å². The summed E-state index contributed by atoms with van der Waals surface area (Å²) in [5.74, 6) is 0.198. The van der Waals surface area contributed by atoms with Crippen molar-refractivity contribution in [2.75, 3.05) is 6.61 Å². The van der Waals surface area contributed by atoms with E-state index in [0.29, 0.717) is 0 Å². The molecule has 0 aliphatic heterocycles. The molecule has 0 amide bonds. The smallest absolute Gasteiger partial charge is 0.726 e. The molecule has 0 saturated heterocycles. The molecule has 1 atom stereocenters. The fraction of sp³-hybridized carbons (Fsp3) is 1.00. The minimum Gasteiger partial charge on any atom is -0.726 e. The molecule has 0 heterocycles. The molecule has 1 unspecified atom stereocenters. The molecule has 0 aromatic rings. The van der Waals surface area contributed by atoms with Crippen LogP contribution in [-0.4, -0.2) is 19.6 Å². The van der Waals surface area contributed by atoms with Crippen LogP contribution in [0.25, 0.3) is 0 Å². The average Bonchev–Trinajstić information content (AvgIpc) is 2.87. The first-order valence-electron chi connectivity index (χ1n) is 16.6. The molecule has 0 rings (SSSR count). The first kappa shape index (κ1) is 41.0. The molecule has 0 saturated carbocycles. The van der Waals surface area contributed by atoms with Crippen LogP contribution in [0.15, 0.2) is 0 Å². The predicted molar refractivity (Wildman–Crippen MR) is 160 cm³/mol. The zero-order valence-corrected chi connectivity index (χ0v) is 28.9.